The van der Waals surface area contributed by atoms with Crippen LogP contribution in [0.15, 0.2) is 42.2 Å². The zero-order valence-electron chi connectivity index (χ0n) is 35.3. The van der Waals surface area contributed by atoms with E-state index in [0.29, 0.717) is 0 Å². The molecule has 0 radical (unpaired) electrons. The summed E-state index contributed by atoms with van der Waals surface area (Å²) < 4.78 is 29.7. The predicted molar refractivity (Wildman–Crippen MR) is 226 cm³/mol. The maximum atomic E-state index is 14.5. The molecule has 9 atom stereocenters. The number of esters is 1. The second-order valence-corrected chi connectivity index (χ2v) is 16.2. The van der Waals surface area contributed by atoms with Gasteiger partial charge in [-0.2, -0.15) is 0 Å². The summed E-state index contributed by atoms with van der Waals surface area (Å²) in [6.45, 7) is 12.2. The molecule has 3 aliphatic rings. The quantitative estimate of drug-likeness (QED) is 0.116. The van der Waals surface area contributed by atoms with Gasteiger partial charge in [-0.3, -0.25) is 19.2 Å². The van der Waals surface area contributed by atoms with E-state index >= 15 is 0 Å². The van der Waals surface area contributed by atoms with Crippen molar-refractivity contribution in [1.82, 2.24) is 4.90 Å². The highest BCUT2D eigenvalue weighted by atomic mass is 35.5. The van der Waals surface area contributed by atoms with E-state index in [2.05, 4.69) is 5.32 Å². The van der Waals surface area contributed by atoms with E-state index in [1.54, 1.807) is 39.8 Å². The number of phenols is 2. The molecule has 0 saturated carbocycles. The minimum atomic E-state index is -2.05. The van der Waals surface area contributed by atoms with Gasteiger partial charge in [0.2, 0.25) is 0 Å². The Labute approximate surface area is 359 Å². The number of halogens is 2. The number of anilines is 1. The normalized spacial score (nSPS) is 29.5. The topological polar surface area (TPSA) is 211 Å². The number of allylic oxidation sites excluding steroid dienone is 2. The van der Waals surface area contributed by atoms with Gasteiger partial charge in [0.1, 0.15) is 23.4 Å². The number of hydrogen-bond donors (Lipinski definition) is 5. The first-order chi connectivity index (χ1) is 28.2. The number of benzene rings is 2. The van der Waals surface area contributed by atoms with Gasteiger partial charge < -0.3 is 54.3 Å². The number of ketones is 1. The minimum Gasteiger partial charge on any atom is -0.507 e. The molecule has 0 aliphatic carbocycles. The summed E-state index contributed by atoms with van der Waals surface area (Å²) in [5.74, 6) is -8.20. The molecule has 15 nitrogen and oxygen atoms in total. The van der Waals surface area contributed by atoms with Crippen molar-refractivity contribution in [3.05, 3.63) is 53.3 Å². The Bertz CT molecular complexity index is 2030. The number of rotatable bonds is 9. The van der Waals surface area contributed by atoms with E-state index in [0.717, 1.165) is 0 Å². The first-order valence-corrected chi connectivity index (χ1v) is 20.7. The summed E-state index contributed by atoms with van der Waals surface area (Å²) in [5, 5.41) is 48.4. The summed E-state index contributed by atoms with van der Waals surface area (Å²) in [6, 6.07) is 1.23. The van der Waals surface area contributed by atoms with Gasteiger partial charge in [0.15, 0.2) is 12.4 Å². The molecule has 0 fully saturated rings. The third kappa shape index (κ3) is 10.1. The van der Waals surface area contributed by atoms with Crippen molar-refractivity contribution in [2.45, 2.75) is 85.6 Å². The Morgan fingerprint density at radius 2 is 1.60 bits per heavy atom. The van der Waals surface area contributed by atoms with Gasteiger partial charge in [0.05, 0.1) is 41.2 Å². The van der Waals surface area contributed by atoms with Gasteiger partial charge in [-0.1, -0.05) is 45.9 Å². The van der Waals surface area contributed by atoms with Crippen molar-refractivity contribution < 1.29 is 63.3 Å². The molecular weight excluding hydrogens is 823 g/mol. The molecule has 2 aromatic carbocycles. The molecular formula is C43H56Cl2N2O13. The zero-order valence-corrected chi connectivity index (χ0v) is 36.8. The molecule has 5 rings (SSSR count). The number of alkyl halides is 2. The summed E-state index contributed by atoms with van der Waals surface area (Å²) >= 11 is 11.8. The Morgan fingerprint density at radius 1 is 0.950 bits per heavy atom. The molecule has 60 heavy (non-hydrogen) atoms. The highest BCUT2D eigenvalue weighted by molar-refractivity contribution is 6.21. The van der Waals surface area contributed by atoms with Crippen molar-refractivity contribution in [3.63, 3.8) is 0 Å². The van der Waals surface area contributed by atoms with Crippen LogP contribution in [-0.4, -0.2) is 118 Å². The fourth-order valence-corrected chi connectivity index (χ4v) is 7.95. The lowest BCUT2D eigenvalue weighted by Crippen LogP contribution is -2.46. The summed E-state index contributed by atoms with van der Waals surface area (Å²) in [5.41, 5.74) is -0.129. The fraction of sp³-hybridized carbons (Fsp3) is 0.535. The van der Waals surface area contributed by atoms with Gasteiger partial charge in [0, 0.05) is 92.1 Å². The van der Waals surface area contributed by atoms with E-state index in [9.17, 15) is 39.6 Å². The average molecular weight is 880 g/mol. The van der Waals surface area contributed by atoms with Gasteiger partial charge in [-0.25, -0.2) is 0 Å². The summed E-state index contributed by atoms with van der Waals surface area (Å²) in [4.78, 5) is 55.1. The van der Waals surface area contributed by atoms with Gasteiger partial charge in [-0.15, -0.1) is 23.2 Å². The van der Waals surface area contributed by atoms with Gasteiger partial charge >= 0.3 is 11.8 Å². The van der Waals surface area contributed by atoms with Crippen molar-refractivity contribution >= 4 is 63.2 Å². The second kappa shape index (κ2) is 20.3. The Hall–Kier alpha value is -4.54. The molecule has 0 unspecified atom stereocenters. The minimum absolute atomic E-state index is 0.0517. The van der Waals surface area contributed by atoms with E-state index in [-0.39, 0.29) is 69.5 Å². The van der Waals surface area contributed by atoms with Crippen molar-refractivity contribution in [2.24, 2.45) is 23.7 Å². The van der Waals surface area contributed by atoms with Crippen molar-refractivity contribution in [2.75, 3.05) is 43.9 Å². The number of fused-ring (bicyclic) bond motifs is 14. The molecule has 2 amide bonds. The lowest BCUT2D eigenvalue weighted by Gasteiger charge is -2.38. The van der Waals surface area contributed by atoms with Crippen LogP contribution >= 0.6 is 23.2 Å². The first-order valence-electron chi connectivity index (χ1n) is 19.6. The number of carbonyl (C=O) groups is 4. The lowest BCUT2D eigenvalue weighted by molar-refractivity contribution is -0.160. The molecule has 5 bridgehead atoms. The van der Waals surface area contributed by atoms with Crippen molar-refractivity contribution in [3.8, 4) is 23.0 Å². The molecule has 5 N–H and O–H groups in total. The number of aliphatic hydroxyl groups excluding tert-OH is 2. The molecule has 3 aliphatic heterocycles. The molecule has 330 valence electrons. The maximum Gasteiger partial charge on any atom is 0.312 e. The highest BCUT2D eigenvalue weighted by Crippen LogP contribution is 2.54. The number of carbonyl (C=O) groups excluding carboxylic acids is 4. The van der Waals surface area contributed by atoms with Crippen LogP contribution in [0.3, 0.4) is 0 Å². The largest absolute Gasteiger partial charge is 0.507 e. The van der Waals surface area contributed by atoms with Crippen LogP contribution in [-0.2, 0) is 28.6 Å². The molecule has 2 aromatic rings. The third-order valence-corrected chi connectivity index (χ3v) is 11.6. The van der Waals surface area contributed by atoms with Crippen LogP contribution in [0.4, 0.5) is 5.69 Å². The number of hydrogen-bond acceptors (Lipinski definition) is 13. The molecule has 17 heteroatoms. The predicted octanol–water partition coefficient (Wildman–Crippen LogP) is 5.73. The van der Waals surface area contributed by atoms with E-state index in [1.807, 2.05) is 0 Å². The molecule has 0 saturated heterocycles. The molecule has 0 aromatic heterocycles. The van der Waals surface area contributed by atoms with Crippen LogP contribution in [0.2, 0.25) is 0 Å². The average Bonchev–Trinajstić information content (AvgIpc) is 3.47. The molecule has 3 heterocycles. The third-order valence-electron chi connectivity index (χ3n) is 11.2. The number of nitrogens with one attached hydrogen (secondary N) is 1. The smallest absolute Gasteiger partial charge is 0.312 e. The van der Waals surface area contributed by atoms with Gasteiger partial charge in [0.25, 0.3) is 17.6 Å². The second-order valence-electron chi connectivity index (χ2n) is 15.5. The van der Waals surface area contributed by atoms with E-state index in [4.69, 9.17) is 46.9 Å². The van der Waals surface area contributed by atoms with Crippen LogP contribution in [0, 0.1) is 30.6 Å². The highest BCUT2D eigenvalue weighted by Gasteiger charge is 2.50. The van der Waals surface area contributed by atoms with Gasteiger partial charge in [-0.05, 0) is 19.9 Å². The first kappa shape index (κ1) is 48.1. The van der Waals surface area contributed by atoms with E-state index < -0.39 is 95.5 Å². The maximum absolute atomic E-state index is 14.5. The number of Topliss-reactive ketones (excluding diaryl/α,β-unsaturated/α-hetero) is 1. The summed E-state index contributed by atoms with van der Waals surface area (Å²) in [6.07, 6.45) is 3.47. The Kier molecular flexibility index (Phi) is 16.3. The number of aromatic hydroxyl groups is 2. The number of methoxy groups -OCH3 is 1. The van der Waals surface area contributed by atoms with Crippen LogP contribution in [0.1, 0.15) is 64.4 Å². The monoisotopic (exact) mass is 878 g/mol. The molecule has 0 spiro atoms. The number of aliphatic hydroxyl groups is 2. The van der Waals surface area contributed by atoms with Crippen LogP contribution in [0.25, 0.3) is 10.8 Å². The number of nitrogens with zero attached hydrogens (tertiary/aromatic N) is 1. The Morgan fingerprint density at radius 3 is 2.20 bits per heavy atom. The number of phenolic OH excluding ortho intramolecular Hbond substituents is 2. The fourth-order valence-electron chi connectivity index (χ4n) is 7.54. The van der Waals surface area contributed by atoms with Crippen LogP contribution in [0.5, 0.6) is 23.0 Å². The summed E-state index contributed by atoms with van der Waals surface area (Å²) in [7, 11) is 1.43. The Balaban J connectivity index is 1.94. The SMILES string of the molecule is CO[C@H]1/C=C/O[C@@]2(C)Oc3c(C)c(O)c4c(O)c(cc(OCC(=O)N(CCCl)CCCl)c4c3C2=O)NC(=O)/C(C)=C\C=C\[C@@H](C)[C@@H](O)[C@@H](C)[C@H](O)[C@@H](C)[C@H](OC(C)=O)[C@@H]1C. The van der Waals surface area contributed by atoms with Crippen LogP contribution < -0.4 is 14.8 Å². The number of amides is 2. The number of ether oxygens (including phenoxy) is 5. The zero-order chi connectivity index (χ0) is 44.8. The lowest BCUT2D eigenvalue weighted by atomic mass is 9.78. The standard InChI is InChI=1S/C43H56Cl2N2O13/c1-21-11-10-12-22(2)42(55)46-28-19-30(57-20-31(49)47(16-14-44)17-15-45)32-33(38(28)53)37(52)26(6)40-34(32)41(54)43(8,60-40)58-18-13-29(56-9)23(3)39(59-27(7)48)25(5)36(51)24(4)35(21)50/h10-13,18-19,21,23-25,29,35-36,39,50-53H,14-17,20H2,1-9H3,(H,46,55)/b11-10+,18-13+,22-12-/t21-,23-,24-,25-,29+,35-,36+,39-,43+/m1/s1. The van der Waals surface area contributed by atoms with Crippen molar-refractivity contribution in [1.29, 1.82) is 0 Å². The van der Waals surface area contributed by atoms with E-state index in [1.165, 1.54) is 64.2 Å².